The molecule has 4 nitrogen and oxygen atoms in total. The largest absolute Gasteiger partial charge is 0.481 e. The van der Waals surface area contributed by atoms with E-state index >= 15 is 0 Å². The highest BCUT2D eigenvalue weighted by atomic mass is 16.4. The normalized spacial score (nSPS) is 4.12. The van der Waals surface area contributed by atoms with E-state index in [1.54, 1.807) is 0 Å². The molecule has 0 aliphatic heterocycles. The second kappa shape index (κ2) is 120. The Morgan fingerprint density at radius 1 is 0.625 bits per heavy atom. The number of hydrogen-bond donors (Lipinski definition) is 2. The predicted molar refractivity (Wildman–Crippen MR) is 71.6 cm³/mol. The summed E-state index contributed by atoms with van der Waals surface area (Å²) in [4.78, 5) is 18.0. The number of aliphatic carboxylic acids is 2. The summed E-state index contributed by atoms with van der Waals surface area (Å²) in [5.74, 6) is -1.67. The Kier molecular flexibility index (Phi) is 278. The van der Waals surface area contributed by atoms with E-state index < -0.39 is 11.9 Å². The van der Waals surface area contributed by atoms with Crippen LogP contribution in [0.5, 0.6) is 0 Å². The minimum absolute atomic E-state index is 0.833. The number of carboxylic acid groups (broad SMARTS) is 2. The van der Waals surface area contributed by atoms with Crippen LogP contribution in [0.3, 0.4) is 0 Å². The van der Waals surface area contributed by atoms with Crippen molar-refractivity contribution in [2.75, 3.05) is 0 Å². The predicted octanol–water partition coefficient (Wildman–Crippen LogP) is 3.39. The summed E-state index contributed by atoms with van der Waals surface area (Å²) in [7, 11) is 0. The second-order valence-corrected chi connectivity index (χ2v) is 1.04. The van der Waals surface area contributed by atoms with E-state index in [1.165, 1.54) is 0 Å². The molecule has 0 atom stereocenters. The van der Waals surface area contributed by atoms with Gasteiger partial charge in [-0.2, -0.15) is 0 Å². The maximum atomic E-state index is 9.00. The fraction of sp³-hybridized carbons (Fsp3) is 0.167. The highest BCUT2D eigenvalue weighted by molar-refractivity contribution is 5.63. The van der Waals surface area contributed by atoms with Crippen molar-refractivity contribution in [2.24, 2.45) is 0 Å². The van der Waals surface area contributed by atoms with Gasteiger partial charge in [0.15, 0.2) is 0 Å². The van der Waals surface area contributed by atoms with Crippen LogP contribution in [0.4, 0.5) is 0 Å². The van der Waals surface area contributed by atoms with Crippen molar-refractivity contribution >= 4 is 11.9 Å². The summed E-state index contributed by atoms with van der Waals surface area (Å²) in [5, 5.41) is 14.8. The summed E-state index contributed by atoms with van der Waals surface area (Å²) < 4.78 is 0. The topological polar surface area (TPSA) is 74.6 Å². The zero-order valence-electron chi connectivity index (χ0n) is 10.4. The molecule has 0 unspecified atom stereocenters. The van der Waals surface area contributed by atoms with Gasteiger partial charge in [-0.25, -0.2) is 0 Å². The third kappa shape index (κ3) is 321. The number of carbonyl (C=O) groups is 2. The molecule has 0 heterocycles. The molecular formula is C12H24O4. The van der Waals surface area contributed by atoms with Crippen molar-refractivity contribution < 1.29 is 19.8 Å². The van der Waals surface area contributed by atoms with Crippen molar-refractivity contribution in [3.05, 3.63) is 52.6 Å². The van der Waals surface area contributed by atoms with Crippen LogP contribution in [0.2, 0.25) is 0 Å². The Labute approximate surface area is 98.9 Å². The first-order chi connectivity index (χ1) is 7.46. The summed E-state index contributed by atoms with van der Waals surface area (Å²) >= 11 is 0. The second-order valence-electron chi connectivity index (χ2n) is 1.04. The Balaban J connectivity index is -0.0000000196. The molecule has 2 N–H and O–H groups in total. The van der Waals surface area contributed by atoms with Gasteiger partial charge in [0, 0.05) is 13.8 Å². The zero-order valence-corrected chi connectivity index (χ0v) is 10.4. The molecule has 0 aromatic carbocycles. The lowest BCUT2D eigenvalue weighted by Gasteiger charge is -1.59. The quantitative estimate of drug-likeness (QED) is 0.628. The highest BCUT2D eigenvalue weighted by Gasteiger charge is 1.65. The smallest absolute Gasteiger partial charge is 0.300 e. The summed E-state index contributed by atoms with van der Waals surface area (Å²) in [5.41, 5.74) is 0. The molecule has 96 valence electrons. The fourth-order valence-electron chi connectivity index (χ4n) is 0. The van der Waals surface area contributed by atoms with Gasteiger partial charge >= 0.3 is 0 Å². The van der Waals surface area contributed by atoms with Crippen molar-refractivity contribution in [2.45, 2.75) is 13.8 Å². The van der Waals surface area contributed by atoms with Crippen LogP contribution in [0.1, 0.15) is 13.8 Å². The summed E-state index contributed by atoms with van der Waals surface area (Å²) in [6.07, 6.45) is 0. The van der Waals surface area contributed by atoms with Gasteiger partial charge in [-0.15, -0.1) is 52.6 Å². The standard InChI is InChI=1S/2C2H4O2.4C2H4/c2*1-2(3)4;4*1-2/h2*1H3,(H,3,4);4*1-2H2. The monoisotopic (exact) mass is 232 g/mol. The third-order valence-electron chi connectivity index (χ3n) is 0. The molecule has 0 fully saturated rings. The van der Waals surface area contributed by atoms with Crippen molar-refractivity contribution in [3.8, 4) is 0 Å². The van der Waals surface area contributed by atoms with E-state index in [4.69, 9.17) is 19.8 Å². The average molecular weight is 232 g/mol. The Hall–Kier alpha value is -2.10. The first-order valence-corrected chi connectivity index (χ1v) is 3.86. The van der Waals surface area contributed by atoms with Crippen LogP contribution in [-0.4, -0.2) is 22.2 Å². The van der Waals surface area contributed by atoms with Crippen molar-refractivity contribution in [3.63, 3.8) is 0 Å². The van der Waals surface area contributed by atoms with Gasteiger partial charge in [0.1, 0.15) is 0 Å². The van der Waals surface area contributed by atoms with Gasteiger partial charge in [-0.05, 0) is 0 Å². The number of carboxylic acids is 2. The molecule has 0 aromatic rings. The molecule has 0 saturated carbocycles. The molecule has 0 aliphatic carbocycles. The van der Waals surface area contributed by atoms with Gasteiger partial charge < -0.3 is 10.2 Å². The maximum absolute atomic E-state index is 9.00. The molecule has 0 rings (SSSR count). The molecule has 0 aromatic heterocycles. The minimum Gasteiger partial charge on any atom is -0.481 e. The van der Waals surface area contributed by atoms with E-state index in [1.807, 2.05) is 0 Å². The van der Waals surface area contributed by atoms with Crippen LogP contribution in [0.25, 0.3) is 0 Å². The number of hydrogen-bond acceptors (Lipinski definition) is 2. The highest BCUT2D eigenvalue weighted by Crippen LogP contribution is 1.42. The van der Waals surface area contributed by atoms with Crippen LogP contribution in [-0.2, 0) is 9.59 Å². The molecule has 4 heteroatoms. The molecule has 0 aliphatic rings. The first-order valence-electron chi connectivity index (χ1n) is 3.86. The first kappa shape index (κ1) is 37.1. The molecule has 0 bridgehead atoms. The van der Waals surface area contributed by atoms with Gasteiger partial charge in [0.2, 0.25) is 0 Å². The van der Waals surface area contributed by atoms with E-state index in [-0.39, 0.29) is 0 Å². The zero-order chi connectivity index (χ0) is 15.2. The Bertz CT molecular complexity index is 105. The Morgan fingerprint density at radius 2 is 0.625 bits per heavy atom. The molecule has 0 radical (unpaired) electrons. The third-order valence-corrected chi connectivity index (χ3v) is 0. The molecule has 16 heavy (non-hydrogen) atoms. The van der Waals surface area contributed by atoms with Crippen molar-refractivity contribution in [1.82, 2.24) is 0 Å². The minimum atomic E-state index is -0.833. The summed E-state index contributed by atoms with van der Waals surface area (Å²) in [6.45, 7) is 26.2. The lowest BCUT2D eigenvalue weighted by molar-refractivity contribution is -0.135. The van der Waals surface area contributed by atoms with Crippen LogP contribution in [0.15, 0.2) is 52.6 Å². The molecular weight excluding hydrogens is 208 g/mol. The van der Waals surface area contributed by atoms with Crippen LogP contribution in [0, 0.1) is 0 Å². The SMILES string of the molecule is C=C.C=C.C=C.C=C.CC(=O)O.CC(=O)O. The lowest BCUT2D eigenvalue weighted by atomic mass is 10.9. The summed E-state index contributed by atoms with van der Waals surface area (Å²) in [6, 6.07) is 0. The fourth-order valence-corrected chi connectivity index (χ4v) is 0. The van der Waals surface area contributed by atoms with Gasteiger partial charge in [-0.3, -0.25) is 9.59 Å². The van der Waals surface area contributed by atoms with Crippen molar-refractivity contribution in [1.29, 1.82) is 0 Å². The van der Waals surface area contributed by atoms with E-state index in [9.17, 15) is 0 Å². The maximum Gasteiger partial charge on any atom is 0.300 e. The average Bonchev–Trinajstić information content (AvgIpc) is 2.27. The van der Waals surface area contributed by atoms with E-state index in [0.717, 1.165) is 13.8 Å². The number of rotatable bonds is 0. The lowest BCUT2D eigenvalue weighted by Crippen LogP contribution is -1.78. The van der Waals surface area contributed by atoms with Gasteiger partial charge in [0.25, 0.3) is 11.9 Å². The molecule has 0 saturated heterocycles. The van der Waals surface area contributed by atoms with E-state index in [0.29, 0.717) is 0 Å². The van der Waals surface area contributed by atoms with E-state index in [2.05, 4.69) is 52.6 Å². The van der Waals surface area contributed by atoms with Gasteiger partial charge in [0.05, 0.1) is 0 Å². The van der Waals surface area contributed by atoms with Crippen LogP contribution < -0.4 is 0 Å². The molecule has 0 spiro atoms. The Morgan fingerprint density at radius 3 is 0.625 bits per heavy atom. The molecule has 0 amide bonds. The van der Waals surface area contributed by atoms with Gasteiger partial charge in [-0.1, -0.05) is 0 Å². The van der Waals surface area contributed by atoms with Crippen LogP contribution >= 0.6 is 0 Å².